The zero-order valence-electron chi connectivity index (χ0n) is 11.4. The molecule has 1 N–H and O–H groups in total. The lowest BCUT2D eigenvalue weighted by atomic mass is 10.2. The van der Waals surface area contributed by atoms with Crippen LogP contribution in [0.2, 0.25) is 0 Å². The molecule has 0 amide bonds. The summed E-state index contributed by atoms with van der Waals surface area (Å²) in [6, 6.07) is 15.7. The van der Waals surface area contributed by atoms with E-state index >= 15 is 0 Å². The van der Waals surface area contributed by atoms with Crippen LogP contribution in [0.5, 0.6) is 11.5 Å². The highest BCUT2D eigenvalue weighted by molar-refractivity contribution is 5.47. The first-order valence-corrected chi connectivity index (χ1v) is 6.35. The van der Waals surface area contributed by atoms with Gasteiger partial charge in [0.2, 0.25) is 0 Å². The van der Waals surface area contributed by atoms with Crippen LogP contribution < -0.4 is 14.8 Å². The molecule has 0 heterocycles. The first kappa shape index (κ1) is 13.8. The monoisotopic (exact) mass is 267 g/mol. The molecule has 0 aromatic heterocycles. The molecule has 2 aromatic rings. The van der Waals surface area contributed by atoms with Crippen LogP contribution >= 0.6 is 0 Å². The summed E-state index contributed by atoms with van der Waals surface area (Å²) in [5.41, 5.74) is 2.18. The average Bonchev–Trinajstić information content (AvgIpc) is 2.52. The molecule has 2 rings (SSSR count). The van der Waals surface area contributed by atoms with Gasteiger partial charge in [-0.25, -0.2) is 0 Å². The molecule has 0 bridgehead atoms. The van der Waals surface area contributed by atoms with Crippen LogP contribution in [0.4, 0.5) is 5.69 Å². The Morgan fingerprint density at radius 2 is 1.90 bits per heavy atom. The Labute approximate surface area is 119 Å². The number of hydrogen-bond donors (Lipinski definition) is 1. The topological polar surface area (TPSA) is 30.5 Å². The van der Waals surface area contributed by atoms with Gasteiger partial charge in [0.05, 0.1) is 7.11 Å². The first-order chi connectivity index (χ1) is 9.81. The summed E-state index contributed by atoms with van der Waals surface area (Å²) in [6.45, 7) is 1.01. The molecular formula is C17H17NO2. The third-order valence-corrected chi connectivity index (χ3v) is 2.81. The number of methoxy groups -OCH3 is 1. The standard InChI is InChI=1S/C17H17NO2/c1-3-11-20-17-6-4-5-14(12-17)13-18-15-7-9-16(19-2)10-8-15/h1,4-10,12,18H,11,13H2,2H3. The maximum atomic E-state index is 5.40. The van der Waals surface area contributed by atoms with Gasteiger partial charge in [-0.2, -0.15) is 0 Å². The lowest BCUT2D eigenvalue weighted by molar-refractivity contribution is 0.370. The van der Waals surface area contributed by atoms with E-state index < -0.39 is 0 Å². The van der Waals surface area contributed by atoms with Gasteiger partial charge in [-0.05, 0) is 42.0 Å². The number of benzene rings is 2. The van der Waals surface area contributed by atoms with Gasteiger partial charge in [0.15, 0.2) is 0 Å². The minimum absolute atomic E-state index is 0.287. The van der Waals surface area contributed by atoms with Gasteiger partial charge >= 0.3 is 0 Å². The molecule has 2 aromatic carbocycles. The van der Waals surface area contributed by atoms with Crippen molar-refractivity contribution in [1.29, 1.82) is 0 Å². The van der Waals surface area contributed by atoms with Gasteiger partial charge < -0.3 is 14.8 Å². The van der Waals surface area contributed by atoms with E-state index in [1.165, 1.54) is 0 Å². The summed E-state index contributed by atoms with van der Waals surface area (Å²) in [5, 5.41) is 3.34. The second kappa shape index (κ2) is 7.10. The molecule has 3 heteroatoms. The molecule has 0 spiro atoms. The molecule has 0 unspecified atom stereocenters. The Balaban J connectivity index is 1.94. The minimum atomic E-state index is 0.287. The zero-order valence-corrected chi connectivity index (χ0v) is 11.4. The summed E-state index contributed by atoms with van der Waals surface area (Å²) < 4.78 is 10.5. The number of nitrogens with one attached hydrogen (secondary N) is 1. The fourth-order valence-corrected chi connectivity index (χ4v) is 1.78. The Morgan fingerprint density at radius 3 is 2.60 bits per heavy atom. The van der Waals surface area contributed by atoms with Gasteiger partial charge in [0.1, 0.15) is 18.1 Å². The zero-order chi connectivity index (χ0) is 14.2. The summed E-state index contributed by atoms with van der Waals surface area (Å²) >= 11 is 0. The van der Waals surface area contributed by atoms with Crippen LogP contribution in [0.1, 0.15) is 5.56 Å². The fourth-order valence-electron chi connectivity index (χ4n) is 1.78. The van der Waals surface area contributed by atoms with Crippen molar-refractivity contribution in [3.05, 3.63) is 54.1 Å². The normalized spacial score (nSPS) is 9.60. The van der Waals surface area contributed by atoms with Crippen molar-refractivity contribution < 1.29 is 9.47 Å². The highest BCUT2D eigenvalue weighted by atomic mass is 16.5. The summed E-state index contributed by atoms with van der Waals surface area (Å²) in [4.78, 5) is 0. The number of terminal acetylenes is 1. The van der Waals surface area contributed by atoms with Crippen LogP contribution in [-0.4, -0.2) is 13.7 Å². The SMILES string of the molecule is C#CCOc1cccc(CNc2ccc(OC)cc2)c1. The molecular weight excluding hydrogens is 250 g/mol. The maximum absolute atomic E-state index is 5.40. The molecule has 20 heavy (non-hydrogen) atoms. The van der Waals surface area contributed by atoms with E-state index in [-0.39, 0.29) is 6.61 Å². The predicted molar refractivity (Wildman–Crippen MR) is 81.1 cm³/mol. The molecule has 0 atom stereocenters. The summed E-state index contributed by atoms with van der Waals surface area (Å²) in [7, 11) is 1.66. The number of hydrogen-bond acceptors (Lipinski definition) is 3. The quantitative estimate of drug-likeness (QED) is 0.814. The summed E-state index contributed by atoms with van der Waals surface area (Å²) in [6.07, 6.45) is 5.18. The van der Waals surface area contributed by atoms with E-state index in [1.807, 2.05) is 48.5 Å². The van der Waals surface area contributed by atoms with Crippen LogP contribution in [0.25, 0.3) is 0 Å². The van der Waals surface area contributed by atoms with Crippen molar-refractivity contribution in [3.63, 3.8) is 0 Å². The van der Waals surface area contributed by atoms with Gasteiger partial charge in [-0.1, -0.05) is 18.1 Å². The van der Waals surface area contributed by atoms with Crippen LogP contribution in [-0.2, 0) is 6.54 Å². The molecule has 0 aliphatic rings. The highest BCUT2D eigenvalue weighted by Gasteiger charge is 1.98. The second-order valence-corrected chi connectivity index (χ2v) is 4.22. The van der Waals surface area contributed by atoms with Crippen LogP contribution in [0.15, 0.2) is 48.5 Å². The van der Waals surface area contributed by atoms with Crippen LogP contribution in [0.3, 0.4) is 0 Å². The van der Waals surface area contributed by atoms with E-state index in [0.29, 0.717) is 0 Å². The van der Waals surface area contributed by atoms with E-state index in [4.69, 9.17) is 15.9 Å². The average molecular weight is 267 g/mol. The van der Waals surface area contributed by atoms with Crippen molar-refractivity contribution in [1.82, 2.24) is 0 Å². The molecule has 0 saturated heterocycles. The second-order valence-electron chi connectivity index (χ2n) is 4.22. The molecule has 0 fully saturated rings. The Kier molecular flexibility index (Phi) is 4.91. The molecule has 0 saturated carbocycles. The number of rotatable bonds is 6. The van der Waals surface area contributed by atoms with E-state index in [0.717, 1.165) is 29.3 Å². The number of anilines is 1. The first-order valence-electron chi connectivity index (χ1n) is 6.35. The van der Waals surface area contributed by atoms with Crippen molar-refractivity contribution in [2.24, 2.45) is 0 Å². The van der Waals surface area contributed by atoms with Gasteiger partial charge in [0.25, 0.3) is 0 Å². The largest absolute Gasteiger partial charge is 0.497 e. The lowest BCUT2D eigenvalue weighted by Crippen LogP contribution is -2.00. The summed E-state index contributed by atoms with van der Waals surface area (Å²) in [5.74, 6) is 4.09. The fraction of sp³-hybridized carbons (Fsp3) is 0.176. The van der Waals surface area contributed by atoms with Gasteiger partial charge in [0, 0.05) is 12.2 Å². The van der Waals surface area contributed by atoms with E-state index in [1.54, 1.807) is 7.11 Å². The van der Waals surface area contributed by atoms with Crippen molar-refractivity contribution >= 4 is 5.69 Å². The Morgan fingerprint density at radius 1 is 1.10 bits per heavy atom. The molecule has 0 aliphatic carbocycles. The van der Waals surface area contributed by atoms with Gasteiger partial charge in [-0.15, -0.1) is 6.42 Å². The van der Waals surface area contributed by atoms with Crippen molar-refractivity contribution in [2.75, 3.05) is 19.0 Å². The smallest absolute Gasteiger partial charge is 0.148 e. The van der Waals surface area contributed by atoms with Gasteiger partial charge in [-0.3, -0.25) is 0 Å². The molecule has 3 nitrogen and oxygen atoms in total. The Hall–Kier alpha value is -2.60. The highest BCUT2D eigenvalue weighted by Crippen LogP contribution is 2.17. The van der Waals surface area contributed by atoms with Crippen molar-refractivity contribution in [3.8, 4) is 23.8 Å². The van der Waals surface area contributed by atoms with Crippen molar-refractivity contribution in [2.45, 2.75) is 6.54 Å². The Bertz CT molecular complexity index is 585. The van der Waals surface area contributed by atoms with E-state index in [9.17, 15) is 0 Å². The minimum Gasteiger partial charge on any atom is -0.497 e. The lowest BCUT2D eigenvalue weighted by Gasteiger charge is -2.09. The number of ether oxygens (including phenoxy) is 2. The predicted octanol–water partition coefficient (Wildman–Crippen LogP) is 3.32. The third-order valence-electron chi connectivity index (χ3n) is 2.81. The molecule has 102 valence electrons. The molecule has 0 aliphatic heterocycles. The van der Waals surface area contributed by atoms with E-state index in [2.05, 4.69) is 11.2 Å². The third kappa shape index (κ3) is 3.96. The maximum Gasteiger partial charge on any atom is 0.148 e. The van der Waals surface area contributed by atoms with Crippen LogP contribution in [0, 0.1) is 12.3 Å². The molecule has 0 radical (unpaired) electrons.